The Labute approximate surface area is 164 Å². The quantitative estimate of drug-likeness (QED) is 0.460. The number of carbonyl (C=O) groups is 2. The van der Waals surface area contributed by atoms with Gasteiger partial charge in [-0.05, 0) is 42.7 Å². The van der Waals surface area contributed by atoms with E-state index in [0.29, 0.717) is 10.6 Å². The molecule has 138 valence electrons. The molecule has 1 heterocycles. The summed E-state index contributed by atoms with van der Waals surface area (Å²) in [5.74, 6) is -1.42. The van der Waals surface area contributed by atoms with Gasteiger partial charge in [0.25, 0.3) is 11.8 Å². The second kappa shape index (κ2) is 8.15. The highest BCUT2D eigenvalue weighted by atomic mass is 35.5. The SMILES string of the molecule is CSc1nccn1-c1cccc(C(=O)NNC(=O)c2cc(Cl)ccc2O)c1. The molecular formula is C18H15ClN4O3S. The van der Waals surface area contributed by atoms with E-state index in [2.05, 4.69) is 15.8 Å². The molecule has 3 N–H and O–H groups in total. The molecule has 0 unspecified atom stereocenters. The molecule has 0 radical (unpaired) electrons. The van der Waals surface area contributed by atoms with Crippen molar-refractivity contribution in [3.8, 4) is 11.4 Å². The number of hydrogen-bond acceptors (Lipinski definition) is 5. The summed E-state index contributed by atoms with van der Waals surface area (Å²) in [7, 11) is 0. The Hall–Kier alpha value is -2.97. The number of hydrazine groups is 1. The number of phenols is 1. The second-order valence-corrected chi connectivity index (χ2v) is 6.61. The van der Waals surface area contributed by atoms with E-state index in [0.717, 1.165) is 10.8 Å². The highest BCUT2D eigenvalue weighted by molar-refractivity contribution is 7.98. The molecule has 0 aliphatic heterocycles. The van der Waals surface area contributed by atoms with E-state index in [-0.39, 0.29) is 11.3 Å². The van der Waals surface area contributed by atoms with Crippen molar-refractivity contribution in [1.29, 1.82) is 0 Å². The van der Waals surface area contributed by atoms with Crippen LogP contribution in [0.4, 0.5) is 0 Å². The average molecular weight is 403 g/mol. The predicted molar refractivity (Wildman–Crippen MR) is 103 cm³/mol. The third-order valence-electron chi connectivity index (χ3n) is 3.67. The molecular weight excluding hydrogens is 388 g/mol. The number of rotatable bonds is 4. The second-order valence-electron chi connectivity index (χ2n) is 5.40. The lowest BCUT2D eigenvalue weighted by molar-refractivity contribution is 0.0845. The number of aromatic hydroxyl groups is 1. The number of nitrogens with zero attached hydrogens (tertiary/aromatic N) is 2. The van der Waals surface area contributed by atoms with Gasteiger partial charge in [-0.15, -0.1) is 0 Å². The summed E-state index contributed by atoms with van der Waals surface area (Å²) in [6.45, 7) is 0. The van der Waals surface area contributed by atoms with E-state index in [9.17, 15) is 14.7 Å². The van der Waals surface area contributed by atoms with E-state index in [1.165, 1.54) is 30.0 Å². The summed E-state index contributed by atoms with van der Waals surface area (Å²) in [6, 6.07) is 11.0. The van der Waals surface area contributed by atoms with Gasteiger partial charge < -0.3 is 5.11 Å². The maximum absolute atomic E-state index is 12.4. The van der Waals surface area contributed by atoms with Crippen molar-refractivity contribution >= 4 is 35.2 Å². The number of amides is 2. The maximum Gasteiger partial charge on any atom is 0.273 e. The van der Waals surface area contributed by atoms with Crippen LogP contribution in [0.3, 0.4) is 0 Å². The third kappa shape index (κ3) is 4.24. The van der Waals surface area contributed by atoms with Crippen LogP contribution in [0.15, 0.2) is 60.0 Å². The molecule has 9 heteroatoms. The largest absolute Gasteiger partial charge is 0.507 e. The number of hydrogen-bond donors (Lipinski definition) is 3. The first-order valence-electron chi connectivity index (χ1n) is 7.76. The van der Waals surface area contributed by atoms with Crippen LogP contribution < -0.4 is 10.9 Å². The van der Waals surface area contributed by atoms with Gasteiger partial charge in [0.05, 0.1) is 5.56 Å². The minimum atomic E-state index is -0.682. The predicted octanol–water partition coefficient (Wildman–Crippen LogP) is 3.03. The van der Waals surface area contributed by atoms with E-state index in [4.69, 9.17) is 11.6 Å². The number of aromatic nitrogens is 2. The number of phenolic OH excluding ortho intramolecular Hbond substituents is 1. The Kier molecular flexibility index (Phi) is 5.68. The Balaban J connectivity index is 1.72. The summed E-state index contributed by atoms with van der Waals surface area (Å²) in [4.78, 5) is 28.7. The molecule has 3 rings (SSSR count). The maximum atomic E-state index is 12.4. The summed E-state index contributed by atoms with van der Waals surface area (Å²) >= 11 is 7.31. The van der Waals surface area contributed by atoms with Crippen molar-refractivity contribution in [1.82, 2.24) is 20.4 Å². The monoisotopic (exact) mass is 402 g/mol. The lowest BCUT2D eigenvalue weighted by atomic mass is 10.2. The summed E-state index contributed by atoms with van der Waals surface area (Å²) in [5, 5.41) is 10.8. The molecule has 0 fully saturated rings. The molecule has 0 atom stereocenters. The molecule has 0 saturated heterocycles. The Bertz CT molecular complexity index is 1010. The first kappa shape index (κ1) is 18.8. The fourth-order valence-corrected chi connectivity index (χ4v) is 3.08. The third-order valence-corrected chi connectivity index (χ3v) is 4.57. The van der Waals surface area contributed by atoms with Gasteiger partial charge in [0.1, 0.15) is 5.75 Å². The molecule has 0 aliphatic rings. The average Bonchev–Trinajstić information content (AvgIpc) is 3.16. The smallest absolute Gasteiger partial charge is 0.273 e. The zero-order valence-electron chi connectivity index (χ0n) is 14.1. The summed E-state index contributed by atoms with van der Waals surface area (Å²) in [6.07, 6.45) is 5.39. The molecule has 0 spiro atoms. The van der Waals surface area contributed by atoms with Crippen molar-refractivity contribution < 1.29 is 14.7 Å². The van der Waals surface area contributed by atoms with Gasteiger partial charge in [0, 0.05) is 28.7 Å². The number of thioether (sulfide) groups is 1. The van der Waals surface area contributed by atoms with Crippen molar-refractivity contribution in [2.75, 3.05) is 6.26 Å². The molecule has 0 aliphatic carbocycles. The lowest BCUT2D eigenvalue weighted by Crippen LogP contribution is -2.41. The van der Waals surface area contributed by atoms with E-state index in [1.807, 2.05) is 16.9 Å². The number of nitrogens with one attached hydrogen (secondary N) is 2. The van der Waals surface area contributed by atoms with Gasteiger partial charge in [-0.3, -0.25) is 25.0 Å². The molecule has 0 saturated carbocycles. The number of benzene rings is 2. The first-order chi connectivity index (χ1) is 13.0. The molecule has 7 nitrogen and oxygen atoms in total. The van der Waals surface area contributed by atoms with Crippen molar-refractivity contribution in [3.05, 3.63) is 71.0 Å². The minimum absolute atomic E-state index is 0.0421. The molecule has 1 aromatic heterocycles. The standard InChI is InChI=1S/C18H15ClN4O3S/c1-27-18-20-7-8-23(18)13-4-2-3-11(9-13)16(25)21-22-17(26)14-10-12(19)5-6-15(14)24/h2-10,24H,1H3,(H,21,25)(H,22,26). The van der Waals surface area contributed by atoms with E-state index >= 15 is 0 Å². The zero-order valence-corrected chi connectivity index (χ0v) is 15.7. The topological polar surface area (TPSA) is 96.3 Å². The summed E-state index contributed by atoms with van der Waals surface area (Å²) < 4.78 is 1.85. The lowest BCUT2D eigenvalue weighted by Gasteiger charge is -2.10. The van der Waals surface area contributed by atoms with Gasteiger partial charge in [0.2, 0.25) is 0 Å². The highest BCUT2D eigenvalue weighted by Gasteiger charge is 2.14. The van der Waals surface area contributed by atoms with E-state index < -0.39 is 11.8 Å². The Morgan fingerprint density at radius 1 is 1.15 bits per heavy atom. The fraction of sp³-hybridized carbons (Fsp3) is 0.0556. The van der Waals surface area contributed by atoms with Crippen LogP contribution in [0.1, 0.15) is 20.7 Å². The molecule has 2 aromatic carbocycles. The highest BCUT2D eigenvalue weighted by Crippen LogP contribution is 2.21. The van der Waals surface area contributed by atoms with Gasteiger partial charge >= 0.3 is 0 Å². The van der Waals surface area contributed by atoms with E-state index in [1.54, 1.807) is 30.6 Å². The number of imidazole rings is 1. The minimum Gasteiger partial charge on any atom is -0.507 e. The van der Waals surface area contributed by atoms with Crippen LogP contribution >= 0.6 is 23.4 Å². The van der Waals surface area contributed by atoms with Crippen LogP contribution in [0.5, 0.6) is 5.75 Å². The van der Waals surface area contributed by atoms with Gasteiger partial charge in [-0.2, -0.15) is 0 Å². The van der Waals surface area contributed by atoms with Crippen molar-refractivity contribution in [3.63, 3.8) is 0 Å². The first-order valence-corrected chi connectivity index (χ1v) is 9.37. The van der Waals surface area contributed by atoms with Gasteiger partial charge in [-0.25, -0.2) is 4.98 Å². The number of carbonyl (C=O) groups excluding carboxylic acids is 2. The van der Waals surface area contributed by atoms with Crippen molar-refractivity contribution in [2.24, 2.45) is 0 Å². The molecule has 3 aromatic rings. The van der Waals surface area contributed by atoms with Crippen LogP contribution in [0, 0.1) is 0 Å². The van der Waals surface area contributed by atoms with Crippen LogP contribution in [-0.4, -0.2) is 32.7 Å². The van der Waals surface area contributed by atoms with Crippen LogP contribution in [0.25, 0.3) is 5.69 Å². The van der Waals surface area contributed by atoms with Crippen molar-refractivity contribution in [2.45, 2.75) is 5.16 Å². The number of halogens is 1. The van der Waals surface area contributed by atoms with Crippen LogP contribution in [0.2, 0.25) is 5.02 Å². The summed E-state index contributed by atoms with van der Waals surface area (Å²) in [5.41, 5.74) is 5.66. The Morgan fingerprint density at radius 3 is 2.70 bits per heavy atom. The zero-order chi connectivity index (χ0) is 19.4. The van der Waals surface area contributed by atoms with Gasteiger partial charge in [0.15, 0.2) is 5.16 Å². The Morgan fingerprint density at radius 2 is 1.93 bits per heavy atom. The van der Waals surface area contributed by atoms with Crippen LogP contribution in [-0.2, 0) is 0 Å². The van der Waals surface area contributed by atoms with Gasteiger partial charge in [-0.1, -0.05) is 29.4 Å². The fourth-order valence-electron chi connectivity index (χ4n) is 2.38. The molecule has 27 heavy (non-hydrogen) atoms. The molecule has 0 bridgehead atoms. The molecule has 2 amide bonds. The normalized spacial score (nSPS) is 10.4.